The Labute approximate surface area is 82.3 Å². The maximum absolute atomic E-state index is 11.2. The molecule has 0 radical (unpaired) electrons. The van der Waals surface area contributed by atoms with Crippen LogP contribution in [0, 0.1) is 0 Å². The Bertz CT molecular complexity index is 465. The van der Waals surface area contributed by atoms with Crippen LogP contribution in [0.5, 0.6) is 0 Å². The van der Waals surface area contributed by atoms with Crippen LogP contribution in [-0.2, 0) is 9.84 Å². The highest BCUT2D eigenvalue weighted by Crippen LogP contribution is 2.38. The number of nitrogen functional groups attached to an aromatic ring is 1. The summed E-state index contributed by atoms with van der Waals surface area (Å²) in [7, 11) is -3.31. The van der Waals surface area contributed by atoms with E-state index in [-0.39, 0.29) is 10.7 Å². The minimum atomic E-state index is -3.31. The molecular formula is C8H11N3O2S. The number of rotatable bonds is 2. The molecule has 0 amide bonds. The third kappa shape index (κ3) is 1.70. The molecule has 0 atom stereocenters. The normalized spacial score (nSPS) is 16.9. The number of nitrogens with zero attached hydrogens (tertiary/aromatic N) is 2. The topological polar surface area (TPSA) is 85.9 Å². The molecule has 1 saturated carbocycles. The molecule has 1 aromatic heterocycles. The molecule has 14 heavy (non-hydrogen) atoms. The van der Waals surface area contributed by atoms with E-state index in [1.165, 1.54) is 6.20 Å². The Balaban J connectivity index is 2.46. The molecule has 0 bridgehead atoms. The second kappa shape index (κ2) is 2.91. The smallest absolute Gasteiger partial charge is 0.180 e. The van der Waals surface area contributed by atoms with E-state index in [2.05, 4.69) is 9.97 Å². The maximum Gasteiger partial charge on any atom is 0.180 e. The first-order chi connectivity index (χ1) is 6.48. The lowest BCUT2D eigenvalue weighted by Crippen LogP contribution is -2.07. The Morgan fingerprint density at radius 2 is 2.14 bits per heavy atom. The van der Waals surface area contributed by atoms with E-state index >= 15 is 0 Å². The van der Waals surface area contributed by atoms with Crippen molar-refractivity contribution in [3.63, 3.8) is 0 Å². The summed E-state index contributed by atoms with van der Waals surface area (Å²) in [4.78, 5) is 8.00. The highest BCUT2D eigenvalue weighted by molar-refractivity contribution is 7.90. The van der Waals surface area contributed by atoms with Crippen LogP contribution in [0.4, 0.5) is 5.82 Å². The lowest BCUT2D eigenvalue weighted by molar-refractivity contribution is 0.601. The summed E-state index contributed by atoms with van der Waals surface area (Å²) in [5, 5.41) is 0. The molecule has 76 valence electrons. The van der Waals surface area contributed by atoms with Crippen molar-refractivity contribution in [1.29, 1.82) is 0 Å². The van der Waals surface area contributed by atoms with Crippen LogP contribution in [0.2, 0.25) is 0 Å². The molecule has 1 aromatic rings. The molecule has 0 aliphatic heterocycles. The molecule has 0 spiro atoms. The van der Waals surface area contributed by atoms with Crippen molar-refractivity contribution in [3.05, 3.63) is 12.0 Å². The largest absolute Gasteiger partial charge is 0.383 e. The third-order valence-electron chi connectivity index (χ3n) is 2.14. The van der Waals surface area contributed by atoms with Crippen LogP contribution >= 0.6 is 0 Å². The Morgan fingerprint density at radius 1 is 1.50 bits per heavy atom. The molecule has 1 aliphatic rings. The molecule has 0 saturated heterocycles. The first kappa shape index (κ1) is 9.39. The molecule has 0 unspecified atom stereocenters. The SMILES string of the molecule is CS(=O)(=O)c1cnc(C2CC2)nc1N. The van der Waals surface area contributed by atoms with Crippen molar-refractivity contribution in [2.45, 2.75) is 23.7 Å². The van der Waals surface area contributed by atoms with Gasteiger partial charge in [0.15, 0.2) is 9.84 Å². The number of hydrogen-bond donors (Lipinski definition) is 1. The summed E-state index contributed by atoms with van der Waals surface area (Å²) in [5.74, 6) is 1.10. The van der Waals surface area contributed by atoms with E-state index in [9.17, 15) is 8.42 Å². The van der Waals surface area contributed by atoms with Gasteiger partial charge in [-0.2, -0.15) is 0 Å². The second-order valence-electron chi connectivity index (χ2n) is 3.52. The van der Waals surface area contributed by atoms with Gasteiger partial charge in [-0.05, 0) is 12.8 Å². The molecule has 6 heteroatoms. The third-order valence-corrected chi connectivity index (χ3v) is 3.26. The van der Waals surface area contributed by atoms with E-state index in [0.29, 0.717) is 11.7 Å². The predicted octanol–water partition coefficient (Wildman–Crippen LogP) is 0.340. The molecule has 0 aromatic carbocycles. The van der Waals surface area contributed by atoms with Gasteiger partial charge in [-0.15, -0.1) is 0 Å². The number of hydrogen-bond acceptors (Lipinski definition) is 5. The van der Waals surface area contributed by atoms with Crippen molar-refractivity contribution in [2.75, 3.05) is 12.0 Å². The van der Waals surface area contributed by atoms with Gasteiger partial charge in [0, 0.05) is 12.2 Å². The van der Waals surface area contributed by atoms with Gasteiger partial charge in [-0.25, -0.2) is 18.4 Å². The monoisotopic (exact) mass is 213 g/mol. The van der Waals surface area contributed by atoms with Crippen molar-refractivity contribution in [1.82, 2.24) is 9.97 Å². The highest BCUT2D eigenvalue weighted by Gasteiger charge is 2.27. The average molecular weight is 213 g/mol. The average Bonchev–Trinajstić information content (AvgIpc) is 2.83. The van der Waals surface area contributed by atoms with Gasteiger partial charge in [-0.1, -0.05) is 0 Å². The van der Waals surface area contributed by atoms with Gasteiger partial charge in [0.2, 0.25) is 0 Å². The van der Waals surface area contributed by atoms with E-state index in [1.54, 1.807) is 0 Å². The zero-order chi connectivity index (χ0) is 10.3. The lowest BCUT2D eigenvalue weighted by atomic mass is 10.4. The van der Waals surface area contributed by atoms with E-state index in [0.717, 1.165) is 19.1 Å². The summed E-state index contributed by atoms with van der Waals surface area (Å²) in [6.45, 7) is 0. The van der Waals surface area contributed by atoms with Crippen LogP contribution in [0.1, 0.15) is 24.6 Å². The number of nitrogens with two attached hydrogens (primary N) is 1. The first-order valence-corrected chi connectivity index (χ1v) is 6.20. The Kier molecular flexibility index (Phi) is 1.95. The number of anilines is 1. The van der Waals surface area contributed by atoms with Crippen molar-refractivity contribution < 1.29 is 8.42 Å². The van der Waals surface area contributed by atoms with Crippen molar-refractivity contribution in [2.24, 2.45) is 0 Å². The van der Waals surface area contributed by atoms with Gasteiger partial charge < -0.3 is 5.73 Å². The minimum absolute atomic E-state index is 0.0156. The van der Waals surface area contributed by atoms with E-state index in [1.807, 2.05) is 0 Å². The fourth-order valence-corrected chi connectivity index (χ4v) is 1.89. The van der Waals surface area contributed by atoms with E-state index < -0.39 is 9.84 Å². The van der Waals surface area contributed by atoms with E-state index in [4.69, 9.17) is 5.73 Å². The summed E-state index contributed by atoms with van der Waals surface area (Å²) in [6.07, 6.45) is 4.53. The highest BCUT2D eigenvalue weighted by atomic mass is 32.2. The number of sulfone groups is 1. The molecule has 2 rings (SSSR count). The second-order valence-corrected chi connectivity index (χ2v) is 5.51. The molecule has 5 nitrogen and oxygen atoms in total. The van der Waals surface area contributed by atoms with Crippen LogP contribution < -0.4 is 5.73 Å². The molecule has 1 heterocycles. The van der Waals surface area contributed by atoms with Crippen molar-refractivity contribution >= 4 is 15.7 Å². The van der Waals surface area contributed by atoms with Gasteiger partial charge in [0.25, 0.3) is 0 Å². The summed E-state index contributed by atoms with van der Waals surface area (Å²) in [5.41, 5.74) is 5.54. The molecule has 1 fully saturated rings. The summed E-state index contributed by atoms with van der Waals surface area (Å²) < 4.78 is 22.4. The number of aromatic nitrogens is 2. The summed E-state index contributed by atoms with van der Waals surface area (Å²) in [6, 6.07) is 0. The Morgan fingerprint density at radius 3 is 2.57 bits per heavy atom. The lowest BCUT2D eigenvalue weighted by Gasteiger charge is -2.03. The zero-order valence-corrected chi connectivity index (χ0v) is 8.58. The molecule has 2 N–H and O–H groups in total. The first-order valence-electron chi connectivity index (χ1n) is 4.31. The molecule has 1 aliphatic carbocycles. The molecular weight excluding hydrogens is 202 g/mol. The fourth-order valence-electron chi connectivity index (χ4n) is 1.22. The van der Waals surface area contributed by atoms with Crippen molar-refractivity contribution in [3.8, 4) is 0 Å². The van der Waals surface area contributed by atoms with Crippen LogP contribution in [0.25, 0.3) is 0 Å². The zero-order valence-electron chi connectivity index (χ0n) is 7.77. The van der Waals surface area contributed by atoms with Gasteiger partial charge in [0.1, 0.15) is 16.5 Å². The summed E-state index contributed by atoms with van der Waals surface area (Å²) >= 11 is 0. The Hall–Kier alpha value is -1.17. The maximum atomic E-state index is 11.2. The fraction of sp³-hybridized carbons (Fsp3) is 0.500. The van der Waals surface area contributed by atoms with Gasteiger partial charge in [0.05, 0.1) is 6.20 Å². The minimum Gasteiger partial charge on any atom is -0.383 e. The van der Waals surface area contributed by atoms with Crippen LogP contribution in [0.15, 0.2) is 11.1 Å². The van der Waals surface area contributed by atoms with Crippen LogP contribution in [-0.4, -0.2) is 24.6 Å². The predicted molar refractivity (Wildman–Crippen MR) is 51.5 cm³/mol. The van der Waals surface area contributed by atoms with Crippen LogP contribution in [0.3, 0.4) is 0 Å². The van der Waals surface area contributed by atoms with Gasteiger partial charge in [-0.3, -0.25) is 0 Å². The quantitative estimate of drug-likeness (QED) is 0.765. The standard InChI is InChI=1S/C8H11N3O2S/c1-14(12,13)6-4-10-8(5-2-3-5)11-7(6)9/h4-5H,2-3H2,1H3,(H2,9,10,11). The van der Waals surface area contributed by atoms with Gasteiger partial charge >= 0.3 is 0 Å².